The molecule has 0 bridgehead atoms. The van der Waals surface area contributed by atoms with Crippen LogP contribution in [0.15, 0.2) is 68.5 Å². The molecule has 0 fully saturated rings. The molecule has 30 heavy (non-hydrogen) atoms. The maximum Gasteiger partial charge on any atom is 0.255 e. The van der Waals surface area contributed by atoms with Crippen LogP contribution in [-0.4, -0.2) is 23.8 Å². The summed E-state index contributed by atoms with van der Waals surface area (Å²) in [6.07, 6.45) is 1.55. The Morgan fingerprint density at radius 3 is 2.60 bits per heavy atom. The molecule has 5 nitrogen and oxygen atoms in total. The van der Waals surface area contributed by atoms with Crippen molar-refractivity contribution >= 4 is 67.0 Å². The molecule has 8 heteroatoms. The number of nitrogens with one attached hydrogen (secondary N) is 1. The highest BCUT2D eigenvalue weighted by molar-refractivity contribution is 9.13. The van der Waals surface area contributed by atoms with Gasteiger partial charge in [0.05, 0.1) is 17.9 Å². The number of amides is 1. The molecule has 1 amide bonds. The van der Waals surface area contributed by atoms with Crippen molar-refractivity contribution in [3.63, 3.8) is 0 Å². The number of phenolic OH excluding ortho intramolecular Hbond substituents is 1. The Hall–Kier alpha value is -2.35. The number of rotatable bonds is 6. The lowest BCUT2D eigenvalue weighted by Crippen LogP contribution is -2.11. The predicted octanol–water partition coefficient (Wildman–Crippen LogP) is 6.97. The molecule has 0 spiro atoms. The van der Waals surface area contributed by atoms with Crippen LogP contribution in [0, 0.1) is 0 Å². The van der Waals surface area contributed by atoms with Gasteiger partial charge in [0.25, 0.3) is 5.91 Å². The maximum atomic E-state index is 12.3. The van der Waals surface area contributed by atoms with Crippen molar-refractivity contribution in [2.45, 2.75) is 6.92 Å². The Morgan fingerprint density at radius 1 is 1.20 bits per heavy atom. The highest BCUT2D eigenvalue weighted by Crippen LogP contribution is 2.40. The first-order valence-electron chi connectivity index (χ1n) is 8.94. The fraction of sp³-hybridized carbons (Fsp3) is 0.0909. The molecule has 154 valence electrons. The Bertz CT molecular complexity index is 1100. The molecule has 0 heterocycles. The molecule has 0 radical (unpaired) electrons. The predicted molar refractivity (Wildman–Crippen MR) is 128 cm³/mol. The second-order valence-electron chi connectivity index (χ2n) is 6.14. The van der Waals surface area contributed by atoms with E-state index in [2.05, 4.69) is 42.2 Å². The number of aliphatic imine (C=N–C) groups is 1. The lowest BCUT2D eigenvalue weighted by Gasteiger charge is -2.11. The van der Waals surface area contributed by atoms with Crippen LogP contribution in [-0.2, 0) is 0 Å². The zero-order valence-corrected chi connectivity index (χ0v) is 19.8. The van der Waals surface area contributed by atoms with Crippen molar-refractivity contribution in [3.05, 3.63) is 79.7 Å². The third-order valence-electron chi connectivity index (χ3n) is 4.05. The first-order valence-corrected chi connectivity index (χ1v) is 10.9. The van der Waals surface area contributed by atoms with Gasteiger partial charge in [-0.05, 0) is 87.3 Å². The van der Waals surface area contributed by atoms with Crippen molar-refractivity contribution in [2.24, 2.45) is 4.99 Å². The summed E-state index contributed by atoms with van der Waals surface area (Å²) < 4.78 is 6.86. The minimum absolute atomic E-state index is 0.00100. The maximum absolute atomic E-state index is 12.3. The molecule has 0 aliphatic carbocycles. The molecule has 0 unspecified atom stereocenters. The van der Waals surface area contributed by atoms with Crippen LogP contribution in [0.25, 0.3) is 0 Å². The lowest BCUT2D eigenvalue weighted by atomic mass is 10.2. The third-order valence-corrected chi connectivity index (χ3v) is 6.29. The number of benzene rings is 3. The van der Waals surface area contributed by atoms with Crippen LogP contribution in [0.4, 0.5) is 11.4 Å². The Balaban J connectivity index is 1.76. The van der Waals surface area contributed by atoms with E-state index in [0.29, 0.717) is 44.4 Å². The quantitative estimate of drug-likeness (QED) is 0.325. The Morgan fingerprint density at radius 2 is 1.93 bits per heavy atom. The highest BCUT2D eigenvalue weighted by Gasteiger charge is 2.14. The monoisotopic (exact) mass is 550 g/mol. The fourth-order valence-electron chi connectivity index (χ4n) is 2.60. The molecule has 2 N–H and O–H groups in total. The number of ether oxygens (including phenoxy) is 1. The highest BCUT2D eigenvalue weighted by atomic mass is 79.9. The number of carbonyl (C=O) groups is 1. The number of hydrogen-bond acceptors (Lipinski definition) is 4. The zero-order chi connectivity index (χ0) is 21.7. The molecule has 3 aromatic rings. The van der Waals surface area contributed by atoms with Crippen LogP contribution in [0.5, 0.6) is 11.5 Å². The van der Waals surface area contributed by atoms with Crippen molar-refractivity contribution in [3.8, 4) is 11.5 Å². The van der Waals surface area contributed by atoms with Crippen molar-refractivity contribution < 1.29 is 14.6 Å². The van der Waals surface area contributed by atoms with Gasteiger partial charge in [-0.15, -0.1) is 0 Å². The van der Waals surface area contributed by atoms with E-state index in [4.69, 9.17) is 16.3 Å². The lowest BCUT2D eigenvalue weighted by molar-refractivity contribution is 0.102. The standard InChI is InChI=1S/C22H17Br2ClN2O3/c1-2-30-19-11-18(23)20(24)17(21(19)28)12-26-15-6-8-16(9-7-15)27-22(29)13-4-3-5-14(25)10-13/h3-12,28H,2H2,1H3,(H,27,29). The van der Waals surface area contributed by atoms with Gasteiger partial charge >= 0.3 is 0 Å². The molecular formula is C22H17Br2ClN2O3. The summed E-state index contributed by atoms with van der Waals surface area (Å²) in [5.74, 6) is 0.120. The van der Waals surface area contributed by atoms with Crippen LogP contribution in [0.3, 0.4) is 0 Å². The minimum Gasteiger partial charge on any atom is -0.504 e. The average Bonchev–Trinajstić information content (AvgIpc) is 2.73. The number of nitrogens with zero attached hydrogens (tertiary/aromatic N) is 1. The molecule has 0 atom stereocenters. The summed E-state index contributed by atoms with van der Waals surface area (Å²) in [4.78, 5) is 16.7. The van der Waals surface area contributed by atoms with Crippen molar-refractivity contribution in [1.82, 2.24) is 0 Å². The summed E-state index contributed by atoms with van der Waals surface area (Å²) in [5.41, 5.74) is 2.25. The number of halogens is 3. The van der Waals surface area contributed by atoms with Gasteiger partial charge < -0.3 is 15.2 Å². The van der Waals surface area contributed by atoms with Gasteiger partial charge in [-0.1, -0.05) is 17.7 Å². The molecular weight excluding hydrogens is 536 g/mol. The SMILES string of the molecule is CCOc1cc(Br)c(Br)c(C=Nc2ccc(NC(=O)c3cccc(Cl)c3)cc2)c1O. The second kappa shape index (κ2) is 10.1. The van der Waals surface area contributed by atoms with Gasteiger partial charge in [0.1, 0.15) is 0 Å². The Labute approximate surface area is 196 Å². The van der Waals surface area contributed by atoms with E-state index in [1.54, 1.807) is 60.8 Å². The third kappa shape index (κ3) is 5.41. The molecule has 0 aliphatic heterocycles. The second-order valence-corrected chi connectivity index (χ2v) is 8.22. The van der Waals surface area contributed by atoms with Gasteiger partial charge in [-0.25, -0.2) is 0 Å². The number of anilines is 1. The number of aromatic hydroxyl groups is 1. The van der Waals surface area contributed by atoms with Crippen molar-refractivity contribution in [1.29, 1.82) is 0 Å². The normalized spacial score (nSPS) is 10.9. The first-order chi connectivity index (χ1) is 14.4. The zero-order valence-electron chi connectivity index (χ0n) is 15.8. The average molecular weight is 553 g/mol. The summed E-state index contributed by atoms with van der Waals surface area (Å²) >= 11 is 12.8. The van der Waals surface area contributed by atoms with Gasteiger partial charge in [0.15, 0.2) is 11.5 Å². The van der Waals surface area contributed by atoms with E-state index in [1.165, 1.54) is 0 Å². The molecule has 0 aliphatic rings. The smallest absolute Gasteiger partial charge is 0.255 e. The number of phenols is 1. The first kappa shape index (κ1) is 22.3. The van der Waals surface area contributed by atoms with E-state index >= 15 is 0 Å². The largest absolute Gasteiger partial charge is 0.504 e. The summed E-state index contributed by atoms with van der Waals surface area (Å²) in [5, 5.41) is 13.8. The van der Waals surface area contributed by atoms with Gasteiger partial charge in [-0.2, -0.15) is 0 Å². The minimum atomic E-state index is -0.250. The van der Waals surface area contributed by atoms with Gasteiger partial charge in [0, 0.05) is 31.4 Å². The van der Waals surface area contributed by atoms with Gasteiger partial charge in [0.2, 0.25) is 0 Å². The molecule has 3 rings (SSSR count). The van der Waals surface area contributed by atoms with Crippen molar-refractivity contribution in [2.75, 3.05) is 11.9 Å². The number of hydrogen-bond donors (Lipinski definition) is 2. The molecule has 3 aromatic carbocycles. The van der Waals surface area contributed by atoms with E-state index in [0.717, 1.165) is 4.47 Å². The topological polar surface area (TPSA) is 70.9 Å². The number of carbonyl (C=O) groups excluding carboxylic acids is 1. The van der Waals surface area contributed by atoms with E-state index in [1.807, 2.05) is 6.92 Å². The van der Waals surface area contributed by atoms with Crippen LogP contribution >= 0.6 is 43.5 Å². The van der Waals surface area contributed by atoms with Crippen LogP contribution in [0.1, 0.15) is 22.8 Å². The fourth-order valence-corrected chi connectivity index (χ4v) is 3.61. The van der Waals surface area contributed by atoms with E-state index in [-0.39, 0.29) is 11.7 Å². The summed E-state index contributed by atoms with van der Waals surface area (Å²) in [6.45, 7) is 2.27. The summed E-state index contributed by atoms with van der Waals surface area (Å²) in [7, 11) is 0. The van der Waals surface area contributed by atoms with Crippen LogP contribution in [0.2, 0.25) is 5.02 Å². The van der Waals surface area contributed by atoms with E-state index < -0.39 is 0 Å². The van der Waals surface area contributed by atoms with E-state index in [9.17, 15) is 9.90 Å². The molecule has 0 saturated carbocycles. The summed E-state index contributed by atoms with van der Waals surface area (Å²) in [6, 6.07) is 15.4. The molecule has 0 saturated heterocycles. The van der Waals surface area contributed by atoms with Gasteiger partial charge in [-0.3, -0.25) is 9.79 Å². The van der Waals surface area contributed by atoms with Crippen LogP contribution < -0.4 is 10.1 Å². The Kier molecular flexibility index (Phi) is 7.53. The molecule has 0 aromatic heterocycles.